The van der Waals surface area contributed by atoms with E-state index in [9.17, 15) is 0 Å². The highest BCUT2D eigenvalue weighted by molar-refractivity contribution is 6.30. The number of aromatic nitrogens is 2. The summed E-state index contributed by atoms with van der Waals surface area (Å²) in [4.78, 5) is 2.47. The lowest BCUT2D eigenvalue weighted by Crippen LogP contribution is -2.42. The van der Waals surface area contributed by atoms with E-state index in [0.717, 1.165) is 50.1 Å². The number of morpholine rings is 1. The summed E-state index contributed by atoms with van der Waals surface area (Å²) in [5.74, 6) is 0. The third kappa shape index (κ3) is 4.32. The Hall–Kier alpha value is -1.40. The van der Waals surface area contributed by atoms with Crippen LogP contribution in [-0.2, 0) is 11.3 Å². The van der Waals surface area contributed by atoms with Crippen LogP contribution < -0.4 is 5.32 Å². The van der Waals surface area contributed by atoms with Crippen LogP contribution in [0.2, 0.25) is 5.02 Å². The van der Waals surface area contributed by atoms with Crippen molar-refractivity contribution in [1.82, 2.24) is 20.4 Å². The average molecular weight is 335 g/mol. The van der Waals surface area contributed by atoms with Crippen LogP contribution in [0.25, 0.3) is 0 Å². The molecule has 0 amide bonds. The van der Waals surface area contributed by atoms with E-state index < -0.39 is 0 Å². The van der Waals surface area contributed by atoms with Crippen LogP contribution in [0.3, 0.4) is 0 Å². The number of aryl methyl sites for hydroxylation is 1. The van der Waals surface area contributed by atoms with Crippen molar-refractivity contribution in [3.8, 4) is 0 Å². The van der Waals surface area contributed by atoms with E-state index in [2.05, 4.69) is 32.5 Å². The first-order valence-electron chi connectivity index (χ1n) is 8.01. The maximum Gasteiger partial charge on any atom is 0.0594 e. The summed E-state index contributed by atoms with van der Waals surface area (Å²) in [6, 6.07) is 8.48. The van der Waals surface area contributed by atoms with Gasteiger partial charge in [-0.25, -0.2) is 0 Å². The molecule has 23 heavy (non-hydrogen) atoms. The van der Waals surface area contributed by atoms with Gasteiger partial charge < -0.3 is 10.1 Å². The lowest BCUT2D eigenvalue weighted by molar-refractivity contribution is 0.0161. The molecule has 0 aliphatic carbocycles. The molecule has 1 atom stereocenters. The molecule has 0 radical (unpaired) electrons. The fourth-order valence-electron chi connectivity index (χ4n) is 2.93. The normalized spacial score (nSPS) is 17.3. The van der Waals surface area contributed by atoms with Crippen LogP contribution in [0.5, 0.6) is 0 Å². The van der Waals surface area contributed by atoms with Gasteiger partial charge in [-0.2, -0.15) is 5.10 Å². The van der Waals surface area contributed by atoms with E-state index in [1.54, 1.807) is 0 Å². The number of nitrogens with one attached hydrogen (secondary N) is 2. The molecule has 1 saturated heterocycles. The molecule has 0 spiro atoms. The molecule has 1 unspecified atom stereocenters. The number of nitrogens with zero attached hydrogens (tertiary/aromatic N) is 2. The quantitative estimate of drug-likeness (QED) is 0.852. The fraction of sp³-hybridized carbons (Fsp3) is 0.471. The highest BCUT2D eigenvalue weighted by atomic mass is 35.5. The Morgan fingerprint density at radius 2 is 2.04 bits per heavy atom. The summed E-state index contributed by atoms with van der Waals surface area (Å²) < 4.78 is 5.49. The number of hydrogen-bond donors (Lipinski definition) is 2. The number of rotatable bonds is 6. The number of hydrogen-bond acceptors (Lipinski definition) is 4. The molecule has 0 saturated carbocycles. The van der Waals surface area contributed by atoms with Gasteiger partial charge in [0.1, 0.15) is 0 Å². The maximum absolute atomic E-state index is 6.03. The molecule has 2 N–H and O–H groups in total. The molecule has 124 valence electrons. The molecular formula is C17H23ClN4O. The van der Waals surface area contributed by atoms with Gasteiger partial charge in [-0.3, -0.25) is 10.00 Å². The summed E-state index contributed by atoms with van der Waals surface area (Å²) in [6.45, 7) is 7.25. The number of benzene rings is 1. The van der Waals surface area contributed by atoms with Crippen molar-refractivity contribution in [2.45, 2.75) is 19.5 Å². The van der Waals surface area contributed by atoms with E-state index in [1.165, 1.54) is 11.1 Å². The van der Waals surface area contributed by atoms with Crippen molar-refractivity contribution in [2.75, 3.05) is 32.8 Å². The average Bonchev–Trinajstić information content (AvgIpc) is 2.99. The van der Waals surface area contributed by atoms with Gasteiger partial charge in [0.05, 0.1) is 19.4 Å². The standard InChI is InChI=1S/C17H23ClN4O/c1-13-15(11-20-21-13)10-19-12-17(22-6-8-23-9-7-22)14-2-4-16(18)5-3-14/h2-5,11,17,19H,6-10,12H2,1H3,(H,20,21). The summed E-state index contributed by atoms with van der Waals surface area (Å²) in [5.41, 5.74) is 3.61. The molecule has 1 fully saturated rings. The third-order valence-corrected chi connectivity index (χ3v) is 4.58. The number of H-pyrrole nitrogens is 1. The maximum atomic E-state index is 6.03. The number of halogens is 1. The van der Waals surface area contributed by atoms with Crippen LogP contribution in [0.1, 0.15) is 22.9 Å². The molecule has 1 aliphatic rings. The largest absolute Gasteiger partial charge is 0.379 e. The van der Waals surface area contributed by atoms with Crippen molar-refractivity contribution in [1.29, 1.82) is 0 Å². The fourth-order valence-corrected chi connectivity index (χ4v) is 3.06. The molecule has 1 aliphatic heterocycles. The minimum Gasteiger partial charge on any atom is -0.379 e. The Kier molecular flexibility index (Phi) is 5.67. The second kappa shape index (κ2) is 7.93. The van der Waals surface area contributed by atoms with E-state index in [1.807, 2.05) is 25.3 Å². The summed E-state index contributed by atoms with van der Waals surface area (Å²) in [5, 5.41) is 11.4. The zero-order valence-corrected chi connectivity index (χ0v) is 14.1. The molecule has 2 aromatic rings. The number of ether oxygens (including phenoxy) is 1. The highest BCUT2D eigenvalue weighted by Gasteiger charge is 2.22. The van der Waals surface area contributed by atoms with Crippen molar-refractivity contribution in [3.05, 3.63) is 52.3 Å². The molecule has 1 aromatic carbocycles. The Labute approximate surface area is 142 Å². The molecule has 0 bridgehead atoms. The summed E-state index contributed by atoms with van der Waals surface area (Å²) >= 11 is 6.03. The Balaban J connectivity index is 1.67. The first kappa shape index (κ1) is 16.5. The monoisotopic (exact) mass is 334 g/mol. The van der Waals surface area contributed by atoms with Crippen LogP contribution in [0.15, 0.2) is 30.5 Å². The van der Waals surface area contributed by atoms with Crippen molar-refractivity contribution in [2.24, 2.45) is 0 Å². The zero-order valence-electron chi connectivity index (χ0n) is 13.4. The predicted molar refractivity (Wildman–Crippen MR) is 91.6 cm³/mol. The van der Waals surface area contributed by atoms with E-state index in [0.29, 0.717) is 6.04 Å². The van der Waals surface area contributed by atoms with Crippen molar-refractivity contribution >= 4 is 11.6 Å². The Bertz CT molecular complexity index is 607. The zero-order chi connectivity index (χ0) is 16.1. The number of aromatic amines is 1. The smallest absolute Gasteiger partial charge is 0.0594 e. The van der Waals surface area contributed by atoms with Gasteiger partial charge in [0.25, 0.3) is 0 Å². The molecule has 3 rings (SSSR count). The van der Waals surface area contributed by atoms with Gasteiger partial charge in [-0.1, -0.05) is 23.7 Å². The SMILES string of the molecule is Cc1[nH]ncc1CNCC(c1ccc(Cl)cc1)N1CCOCC1. The molecule has 5 nitrogen and oxygen atoms in total. The van der Waals surface area contributed by atoms with Crippen LogP contribution >= 0.6 is 11.6 Å². The predicted octanol–water partition coefficient (Wildman–Crippen LogP) is 2.53. The molecular weight excluding hydrogens is 312 g/mol. The molecule has 2 heterocycles. The Morgan fingerprint density at radius 3 is 2.70 bits per heavy atom. The highest BCUT2D eigenvalue weighted by Crippen LogP contribution is 2.23. The first-order valence-corrected chi connectivity index (χ1v) is 8.38. The van der Waals surface area contributed by atoms with E-state index >= 15 is 0 Å². The minimum atomic E-state index is 0.323. The van der Waals surface area contributed by atoms with Crippen molar-refractivity contribution < 1.29 is 4.74 Å². The van der Waals surface area contributed by atoms with Crippen molar-refractivity contribution in [3.63, 3.8) is 0 Å². The van der Waals surface area contributed by atoms with Gasteiger partial charge in [-0.15, -0.1) is 0 Å². The lowest BCUT2D eigenvalue weighted by atomic mass is 10.0. The summed E-state index contributed by atoms with van der Waals surface area (Å²) in [6.07, 6.45) is 1.88. The Morgan fingerprint density at radius 1 is 1.30 bits per heavy atom. The third-order valence-electron chi connectivity index (χ3n) is 4.33. The lowest BCUT2D eigenvalue weighted by Gasteiger charge is -2.35. The van der Waals surface area contributed by atoms with Gasteiger partial charge >= 0.3 is 0 Å². The summed E-state index contributed by atoms with van der Waals surface area (Å²) in [7, 11) is 0. The second-order valence-corrected chi connectivity index (χ2v) is 6.30. The van der Waals surface area contributed by atoms with E-state index in [4.69, 9.17) is 16.3 Å². The van der Waals surface area contributed by atoms with Gasteiger partial charge in [0.15, 0.2) is 0 Å². The van der Waals surface area contributed by atoms with Crippen LogP contribution in [0.4, 0.5) is 0 Å². The van der Waals surface area contributed by atoms with Crippen LogP contribution in [-0.4, -0.2) is 47.9 Å². The van der Waals surface area contributed by atoms with Gasteiger partial charge in [-0.05, 0) is 24.6 Å². The van der Waals surface area contributed by atoms with Gasteiger partial charge in [0, 0.05) is 48.5 Å². The second-order valence-electron chi connectivity index (χ2n) is 5.87. The molecule has 6 heteroatoms. The van der Waals surface area contributed by atoms with Gasteiger partial charge in [0.2, 0.25) is 0 Å². The first-order chi connectivity index (χ1) is 11.2. The molecule has 1 aromatic heterocycles. The van der Waals surface area contributed by atoms with Crippen LogP contribution in [0, 0.1) is 6.92 Å². The minimum absolute atomic E-state index is 0.323. The topological polar surface area (TPSA) is 53.2 Å². The van der Waals surface area contributed by atoms with E-state index in [-0.39, 0.29) is 0 Å².